The second kappa shape index (κ2) is 6.57. The Kier molecular flexibility index (Phi) is 5.36. The molecule has 0 atom stereocenters. The summed E-state index contributed by atoms with van der Waals surface area (Å²) in [6.45, 7) is 4.39. The van der Waals surface area contributed by atoms with Crippen molar-refractivity contribution in [3.63, 3.8) is 0 Å². The highest BCUT2D eigenvalue weighted by atomic mass is 16.5. The molecular weight excluding hydrogens is 240 g/mol. The lowest BCUT2D eigenvalue weighted by atomic mass is 9.81. The molecule has 0 fully saturated rings. The minimum Gasteiger partial charge on any atom is -0.497 e. The number of benzene rings is 1. The maximum absolute atomic E-state index is 12.6. The van der Waals surface area contributed by atoms with Crippen molar-refractivity contribution in [1.82, 2.24) is 0 Å². The summed E-state index contributed by atoms with van der Waals surface area (Å²) in [5, 5.41) is 0. The second-order valence-corrected chi connectivity index (χ2v) is 4.75. The Morgan fingerprint density at radius 2 is 1.79 bits per heavy atom. The van der Waals surface area contributed by atoms with Crippen LogP contribution in [0.1, 0.15) is 26.7 Å². The van der Waals surface area contributed by atoms with E-state index in [0.717, 1.165) is 24.3 Å². The van der Waals surface area contributed by atoms with Crippen LogP contribution in [0.3, 0.4) is 0 Å². The smallest absolute Gasteiger partial charge is 0.234 e. The number of amides is 1. The summed E-state index contributed by atoms with van der Waals surface area (Å²) in [5.41, 5.74) is 6.21. The molecule has 0 aliphatic heterocycles. The van der Waals surface area contributed by atoms with Crippen molar-refractivity contribution < 1.29 is 9.53 Å². The van der Waals surface area contributed by atoms with Crippen LogP contribution in [0.5, 0.6) is 5.75 Å². The first-order valence-electron chi connectivity index (χ1n) is 6.67. The predicted molar refractivity (Wildman–Crippen MR) is 78.5 cm³/mol. The van der Waals surface area contributed by atoms with Gasteiger partial charge in [-0.05, 0) is 37.1 Å². The Bertz CT molecular complexity index is 402. The van der Waals surface area contributed by atoms with Crippen molar-refractivity contribution in [1.29, 1.82) is 0 Å². The molecule has 1 aromatic rings. The molecular formula is C15H24N2O2. The Morgan fingerprint density at radius 1 is 1.26 bits per heavy atom. The first-order chi connectivity index (χ1) is 9.04. The lowest BCUT2D eigenvalue weighted by Crippen LogP contribution is -2.46. The minimum absolute atomic E-state index is 0.0742. The van der Waals surface area contributed by atoms with Crippen molar-refractivity contribution >= 4 is 11.6 Å². The molecule has 0 aromatic heterocycles. The molecule has 0 saturated carbocycles. The second-order valence-electron chi connectivity index (χ2n) is 4.75. The number of anilines is 1. The van der Waals surface area contributed by atoms with Gasteiger partial charge in [-0.3, -0.25) is 4.79 Å². The van der Waals surface area contributed by atoms with E-state index in [9.17, 15) is 4.79 Å². The normalized spacial score (nSPS) is 11.2. The van der Waals surface area contributed by atoms with E-state index in [2.05, 4.69) is 0 Å². The Morgan fingerprint density at radius 3 is 2.16 bits per heavy atom. The highest BCUT2D eigenvalue weighted by Gasteiger charge is 2.36. The van der Waals surface area contributed by atoms with E-state index in [0.29, 0.717) is 6.54 Å². The Hall–Kier alpha value is -1.55. The fraction of sp³-hybridized carbons (Fsp3) is 0.533. The summed E-state index contributed by atoms with van der Waals surface area (Å²) >= 11 is 0. The van der Waals surface area contributed by atoms with E-state index in [1.165, 1.54) is 0 Å². The maximum Gasteiger partial charge on any atom is 0.234 e. The number of nitrogens with zero attached hydrogens (tertiary/aromatic N) is 1. The van der Waals surface area contributed by atoms with Crippen LogP contribution in [-0.2, 0) is 4.79 Å². The number of carbonyl (C=O) groups is 1. The van der Waals surface area contributed by atoms with Crippen LogP contribution in [0.4, 0.5) is 5.69 Å². The summed E-state index contributed by atoms with van der Waals surface area (Å²) in [6, 6.07) is 7.45. The van der Waals surface area contributed by atoms with Gasteiger partial charge >= 0.3 is 0 Å². The zero-order valence-electron chi connectivity index (χ0n) is 12.3. The van der Waals surface area contributed by atoms with E-state index < -0.39 is 5.41 Å². The van der Waals surface area contributed by atoms with E-state index in [1.807, 2.05) is 38.1 Å². The van der Waals surface area contributed by atoms with Gasteiger partial charge in [0.1, 0.15) is 5.75 Å². The van der Waals surface area contributed by atoms with Gasteiger partial charge < -0.3 is 15.4 Å². The first-order valence-corrected chi connectivity index (χ1v) is 6.67. The monoisotopic (exact) mass is 264 g/mol. The van der Waals surface area contributed by atoms with Crippen LogP contribution in [0.2, 0.25) is 0 Å². The SMILES string of the molecule is CCC(CC)(CN)C(=O)N(C)c1ccc(OC)cc1. The van der Waals surface area contributed by atoms with Gasteiger partial charge in [0.25, 0.3) is 0 Å². The average molecular weight is 264 g/mol. The predicted octanol–water partition coefficient (Wildman–Crippen LogP) is 2.42. The third-order valence-corrected chi connectivity index (χ3v) is 3.96. The van der Waals surface area contributed by atoms with Crippen LogP contribution in [0.25, 0.3) is 0 Å². The standard InChI is InChI=1S/C15H24N2O2/c1-5-15(6-2,11-16)14(18)17(3)12-7-9-13(19-4)10-8-12/h7-10H,5-6,11,16H2,1-4H3. The van der Waals surface area contributed by atoms with Crippen LogP contribution >= 0.6 is 0 Å². The van der Waals surface area contributed by atoms with Crippen LogP contribution in [0.15, 0.2) is 24.3 Å². The molecule has 0 bridgehead atoms. The van der Waals surface area contributed by atoms with Gasteiger partial charge in [0, 0.05) is 19.3 Å². The summed E-state index contributed by atoms with van der Waals surface area (Å²) in [5.74, 6) is 0.853. The van der Waals surface area contributed by atoms with Crippen molar-refractivity contribution in [2.45, 2.75) is 26.7 Å². The third kappa shape index (κ3) is 3.07. The van der Waals surface area contributed by atoms with Gasteiger partial charge in [-0.25, -0.2) is 0 Å². The molecule has 0 unspecified atom stereocenters. The topological polar surface area (TPSA) is 55.6 Å². The number of hydrogen-bond acceptors (Lipinski definition) is 3. The van der Waals surface area contributed by atoms with Gasteiger partial charge in [-0.2, -0.15) is 0 Å². The lowest BCUT2D eigenvalue weighted by molar-refractivity contribution is -0.127. The molecule has 0 aliphatic rings. The molecule has 0 aliphatic carbocycles. The first kappa shape index (κ1) is 15.5. The van der Waals surface area contributed by atoms with Crippen LogP contribution in [0, 0.1) is 5.41 Å². The molecule has 106 valence electrons. The summed E-state index contributed by atoms with van der Waals surface area (Å²) in [4.78, 5) is 14.3. The molecule has 1 aromatic carbocycles. The van der Waals surface area contributed by atoms with Gasteiger partial charge in [-0.15, -0.1) is 0 Å². The Balaban J connectivity index is 2.97. The van der Waals surface area contributed by atoms with Gasteiger partial charge in [-0.1, -0.05) is 13.8 Å². The molecule has 2 N–H and O–H groups in total. The molecule has 0 spiro atoms. The Labute approximate surface area is 115 Å². The quantitative estimate of drug-likeness (QED) is 0.858. The highest BCUT2D eigenvalue weighted by Crippen LogP contribution is 2.30. The molecule has 4 heteroatoms. The molecule has 1 amide bonds. The number of nitrogens with two attached hydrogens (primary N) is 1. The molecule has 1 rings (SSSR count). The summed E-state index contributed by atoms with van der Waals surface area (Å²) in [7, 11) is 3.41. The third-order valence-electron chi connectivity index (χ3n) is 3.96. The van der Waals surface area contributed by atoms with Crippen LogP contribution in [-0.4, -0.2) is 26.6 Å². The van der Waals surface area contributed by atoms with E-state index in [1.54, 1.807) is 19.1 Å². The number of methoxy groups -OCH3 is 1. The highest BCUT2D eigenvalue weighted by molar-refractivity contribution is 5.97. The minimum atomic E-state index is -0.464. The van der Waals surface area contributed by atoms with E-state index >= 15 is 0 Å². The van der Waals surface area contributed by atoms with Gasteiger partial charge in [0.05, 0.1) is 12.5 Å². The van der Waals surface area contributed by atoms with E-state index in [4.69, 9.17) is 10.5 Å². The van der Waals surface area contributed by atoms with Crippen molar-refractivity contribution in [2.75, 3.05) is 25.6 Å². The molecule has 4 nitrogen and oxygen atoms in total. The van der Waals surface area contributed by atoms with Gasteiger partial charge in [0.15, 0.2) is 0 Å². The zero-order valence-corrected chi connectivity index (χ0v) is 12.3. The molecule has 0 heterocycles. The van der Waals surface area contributed by atoms with Crippen molar-refractivity contribution in [3.05, 3.63) is 24.3 Å². The summed E-state index contributed by atoms with van der Waals surface area (Å²) < 4.78 is 5.12. The molecule has 0 saturated heterocycles. The number of rotatable bonds is 6. The summed E-state index contributed by atoms with van der Waals surface area (Å²) in [6.07, 6.45) is 1.50. The number of carbonyl (C=O) groups excluding carboxylic acids is 1. The fourth-order valence-corrected chi connectivity index (χ4v) is 2.21. The lowest BCUT2D eigenvalue weighted by Gasteiger charge is -2.33. The van der Waals surface area contributed by atoms with E-state index in [-0.39, 0.29) is 5.91 Å². The zero-order chi connectivity index (χ0) is 14.5. The fourth-order valence-electron chi connectivity index (χ4n) is 2.21. The van der Waals surface area contributed by atoms with Crippen molar-refractivity contribution in [2.24, 2.45) is 11.1 Å². The van der Waals surface area contributed by atoms with Crippen molar-refractivity contribution in [3.8, 4) is 5.75 Å². The maximum atomic E-state index is 12.6. The molecule has 19 heavy (non-hydrogen) atoms. The van der Waals surface area contributed by atoms with Crippen LogP contribution < -0.4 is 15.4 Å². The number of ether oxygens (including phenoxy) is 1. The molecule has 0 radical (unpaired) electrons. The number of hydrogen-bond donors (Lipinski definition) is 1. The van der Waals surface area contributed by atoms with Gasteiger partial charge in [0.2, 0.25) is 5.91 Å². The average Bonchev–Trinajstić information content (AvgIpc) is 2.48. The largest absolute Gasteiger partial charge is 0.497 e.